The van der Waals surface area contributed by atoms with E-state index in [2.05, 4.69) is 26.0 Å². The topological polar surface area (TPSA) is 86.0 Å². The molecule has 7 heteroatoms. The van der Waals surface area contributed by atoms with E-state index in [-0.39, 0.29) is 23.2 Å². The summed E-state index contributed by atoms with van der Waals surface area (Å²) >= 11 is 0. The zero-order valence-electron chi connectivity index (χ0n) is 21.1. The Morgan fingerprint density at radius 2 is 1.71 bits per heavy atom. The number of ether oxygens (including phenoxy) is 1. The Morgan fingerprint density at radius 3 is 2.26 bits per heavy atom. The summed E-state index contributed by atoms with van der Waals surface area (Å²) in [7, 11) is -3.62. The highest BCUT2D eigenvalue weighted by Crippen LogP contribution is 2.43. The van der Waals surface area contributed by atoms with E-state index in [0.29, 0.717) is 5.58 Å². The molecule has 1 unspecified atom stereocenters. The van der Waals surface area contributed by atoms with Crippen molar-refractivity contribution in [2.24, 2.45) is 5.41 Å². The van der Waals surface area contributed by atoms with Gasteiger partial charge in [-0.15, -0.1) is 0 Å². The van der Waals surface area contributed by atoms with Gasteiger partial charge in [0.05, 0.1) is 17.8 Å². The van der Waals surface area contributed by atoms with E-state index in [9.17, 15) is 13.5 Å². The summed E-state index contributed by atoms with van der Waals surface area (Å²) in [5.74, 6) is 1.80. The molecule has 1 aromatic heterocycles. The van der Waals surface area contributed by atoms with Gasteiger partial charge in [0.25, 0.3) is 0 Å². The average molecular weight is 489 g/mol. The molecular formula is C27H36O6S. The summed E-state index contributed by atoms with van der Waals surface area (Å²) in [6.07, 6.45) is 2.09. The van der Waals surface area contributed by atoms with Gasteiger partial charge in [0, 0.05) is 11.5 Å². The second kappa shape index (κ2) is 9.62. The Morgan fingerprint density at radius 1 is 1.03 bits per heavy atom. The molecular weight excluding hydrogens is 452 g/mol. The molecule has 3 rings (SSSR count). The van der Waals surface area contributed by atoms with Crippen molar-refractivity contribution in [1.82, 2.24) is 0 Å². The molecule has 6 nitrogen and oxygen atoms in total. The van der Waals surface area contributed by atoms with Gasteiger partial charge < -0.3 is 18.4 Å². The smallest absolute Gasteiger partial charge is 0.306 e. The molecule has 34 heavy (non-hydrogen) atoms. The fraction of sp³-hybridized carbons (Fsp3) is 0.481. The first-order valence-electron chi connectivity index (χ1n) is 11.6. The van der Waals surface area contributed by atoms with Crippen LogP contribution in [-0.4, -0.2) is 32.5 Å². The minimum absolute atomic E-state index is 0.226. The van der Waals surface area contributed by atoms with E-state index in [1.165, 1.54) is 0 Å². The van der Waals surface area contributed by atoms with Crippen LogP contribution in [0.15, 0.2) is 46.9 Å². The number of hydrogen-bond donors (Lipinski definition) is 1. The maximum absolute atomic E-state index is 11.5. The van der Waals surface area contributed by atoms with Crippen molar-refractivity contribution >= 4 is 21.1 Å². The maximum Gasteiger partial charge on any atom is 0.306 e. The summed E-state index contributed by atoms with van der Waals surface area (Å²) in [6, 6.07) is 13.2. The maximum atomic E-state index is 11.5. The van der Waals surface area contributed by atoms with Crippen LogP contribution >= 0.6 is 0 Å². The van der Waals surface area contributed by atoms with Crippen molar-refractivity contribution in [3.63, 3.8) is 0 Å². The van der Waals surface area contributed by atoms with Gasteiger partial charge in [-0.3, -0.25) is 0 Å². The number of hydrogen-bond acceptors (Lipinski definition) is 6. The first-order chi connectivity index (χ1) is 15.8. The molecule has 1 N–H and O–H groups in total. The molecule has 0 saturated carbocycles. The zero-order chi connectivity index (χ0) is 25.3. The van der Waals surface area contributed by atoms with Crippen molar-refractivity contribution in [3.05, 3.63) is 59.4 Å². The Kier molecular flexibility index (Phi) is 7.39. The van der Waals surface area contributed by atoms with Crippen molar-refractivity contribution in [3.8, 4) is 11.5 Å². The van der Waals surface area contributed by atoms with Gasteiger partial charge >= 0.3 is 10.1 Å². The van der Waals surface area contributed by atoms with Gasteiger partial charge in [-0.1, -0.05) is 46.8 Å². The number of fused-ring (bicyclic) bond motifs is 1. The van der Waals surface area contributed by atoms with Crippen molar-refractivity contribution in [2.75, 3.05) is 12.9 Å². The van der Waals surface area contributed by atoms with Gasteiger partial charge in [0.15, 0.2) is 0 Å². The Balaban J connectivity index is 1.95. The molecule has 0 bridgehead atoms. The lowest BCUT2D eigenvalue weighted by atomic mass is 9.73. The van der Waals surface area contributed by atoms with E-state index >= 15 is 0 Å². The number of aryl methyl sites for hydroxylation is 1. The minimum atomic E-state index is -3.62. The third-order valence-electron chi connectivity index (χ3n) is 6.54. The highest BCUT2D eigenvalue weighted by atomic mass is 32.2. The van der Waals surface area contributed by atoms with Gasteiger partial charge in [0.1, 0.15) is 29.4 Å². The first-order valence-corrected chi connectivity index (χ1v) is 13.5. The van der Waals surface area contributed by atoms with Crippen LogP contribution in [0.4, 0.5) is 0 Å². The van der Waals surface area contributed by atoms with Crippen LogP contribution in [0.1, 0.15) is 64.3 Å². The number of benzene rings is 2. The summed E-state index contributed by atoms with van der Waals surface area (Å²) in [4.78, 5) is 0. The van der Waals surface area contributed by atoms with Crippen LogP contribution in [0.2, 0.25) is 0 Å². The average Bonchev–Trinajstić information content (AvgIpc) is 3.16. The van der Waals surface area contributed by atoms with Crippen LogP contribution < -0.4 is 8.92 Å². The standard InChI is InChI=1S/C27H36O6S/c1-8-27(9-2,20-11-13-22(18(3)14-20)31-17-24(28)26(4,5)6)25-15-19-10-12-21(16-23(19)32-25)33-34(7,29)30/h10-16,24,28H,8-9,17H2,1-7H3. The molecule has 1 heterocycles. The number of furan rings is 1. The molecule has 0 aliphatic heterocycles. The lowest BCUT2D eigenvalue weighted by molar-refractivity contribution is 0.0216. The second-order valence-corrected chi connectivity index (χ2v) is 11.6. The molecule has 0 amide bonds. The van der Waals surface area contributed by atoms with Gasteiger partial charge in [0.2, 0.25) is 0 Å². The van der Waals surface area contributed by atoms with E-state index < -0.39 is 16.2 Å². The molecule has 0 saturated heterocycles. The van der Waals surface area contributed by atoms with Gasteiger partial charge in [-0.25, -0.2) is 0 Å². The van der Waals surface area contributed by atoms with Crippen LogP contribution in [0.5, 0.6) is 11.5 Å². The van der Waals surface area contributed by atoms with Crippen molar-refractivity contribution < 1.29 is 26.9 Å². The fourth-order valence-electron chi connectivity index (χ4n) is 4.15. The van der Waals surface area contributed by atoms with Crippen molar-refractivity contribution in [2.45, 2.75) is 65.9 Å². The Bertz CT molecular complexity index is 1250. The van der Waals surface area contributed by atoms with Crippen LogP contribution in [0, 0.1) is 12.3 Å². The second-order valence-electron chi connectivity index (χ2n) is 10.1. The quantitative estimate of drug-likeness (QED) is 0.373. The number of aliphatic hydroxyl groups excluding tert-OH is 1. The van der Waals surface area contributed by atoms with Crippen LogP contribution in [0.25, 0.3) is 11.0 Å². The highest BCUT2D eigenvalue weighted by molar-refractivity contribution is 7.86. The summed E-state index contributed by atoms with van der Waals surface area (Å²) in [5.41, 5.74) is 2.08. The Labute approximate surface area is 203 Å². The number of rotatable bonds is 9. The molecule has 2 aromatic carbocycles. The lowest BCUT2D eigenvalue weighted by Crippen LogP contribution is -2.32. The fourth-order valence-corrected chi connectivity index (χ4v) is 4.60. The zero-order valence-corrected chi connectivity index (χ0v) is 22.0. The molecule has 0 spiro atoms. The van der Waals surface area contributed by atoms with E-state index in [1.807, 2.05) is 45.9 Å². The first kappa shape index (κ1) is 26.1. The minimum Gasteiger partial charge on any atom is -0.491 e. The van der Waals surface area contributed by atoms with Crippen LogP contribution in [-0.2, 0) is 15.5 Å². The third-order valence-corrected chi connectivity index (χ3v) is 7.04. The van der Waals surface area contributed by atoms with Gasteiger partial charge in [-0.05, 0) is 60.6 Å². The van der Waals surface area contributed by atoms with Gasteiger partial charge in [-0.2, -0.15) is 8.42 Å². The molecule has 0 fully saturated rings. The predicted octanol–water partition coefficient (Wildman–Crippen LogP) is 5.97. The van der Waals surface area contributed by atoms with E-state index in [0.717, 1.165) is 47.1 Å². The SMILES string of the molecule is CCC(CC)(c1ccc(OCC(O)C(C)(C)C)c(C)c1)c1cc2ccc(OS(C)(=O)=O)cc2o1. The lowest BCUT2D eigenvalue weighted by Gasteiger charge is -2.31. The predicted molar refractivity (Wildman–Crippen MR) is 135 cm³/mol. The third kappa shape index (κ3) is 5.58. The number of aliphatic hydroxyl groups is 1. The monoisotopic (exact) mass is 488 g/mol. The summed E-state index contributed by atoms with van der Waals surface area (Å²) in [6.45, 7) is 12.5. The molecule has 1 atom stereocenters. The Hall–Kier alpha value is -2.51. The molecule has 0 aliphatic rings. The summed E-state index contributed by atoms with van der Waals surface area (Å²) in [5, 5.41) is 11.2. The molecule has 0 radical (unpaired) electrons. The molecule has 0 aliphatic carbocycles. The largest absolute Gasteiger partial charge is 0.491 e. The van der Waals surface area contributed by atoms with Crippen LogP contribution in [0.3, 0.4) is 0 Å². The molecule has 3 aromatic rings. The summed E-state index contributed by atoms with van der Waals surface area (Å²) < 4.78 is 40.2. The van der Waals surface area contributed by atoms with Crippen molar-refractivity contribution in [1.29, 1.82) is 0 Å². The normalized spacial score (nSPS) is 13.8. The molecule has 186 valence electrons. The van der Waals surface area contributed by atoms with E-state index in [4.69, 9.17) is 13.3 Å². The highest BCUT2D eigenvalue weighted by Gasteiger charge is 2.35. The van der Waals surface area contributed by atoms with E-state index in [1.54, 1.807) is 12.1 Å².